The van der Waals surface area contributed by atoms with Crippen LogP contribution in [0.4, 0.5) is 13.6 Å². The number of fused-ring (bicyclic) bond motifs is 1. The summed E-state index contributed by atoms with van der Waals surface area (Å²) >= 11 is 0. The Labute approximate surface area is 168 Å². The molecule has 2 atom stereocenters. The summed E-state index contributed by atoms with van der Waals surface area (Å²) in [6, 6.07) is 1.65. The lowest BCUT2D eigenvalue weighted by atomic mass is 9.81. The van der Waals surface area contributed by atoms with Gasteiger partial charge in [0.15, 0.2) is 5.65 Å². The summed E-state index contributed by atoms with van der Waals surface area (Å²) in [4.78, 5) is 18.7. The van der Waals surface area contributed by atoms with E-state index in [1.54, 1.807) is 21.8 Å². The number of nitrogens with two attached hydrogens (primary N) is 1. The van der Waals surface area contributed by atoms with Crippen molar-refractivity contribution in [3.8, 4) is 0 Å². The Balaban J connectivity index is 1.47. The molecule has 7 nitrogen and oxygen atoms in total. The van der Waals surface area contributed by atoms with E-state index in [9.17, 15) is 13.6 Å². The number of alkyl halides is 2. The van der Waals surface area contributed by atoms with Crippen LogP contribution in [0.2, 0.25) is 0 Å². The molecule has 158 valence electrons. The van der Waals surface area contributed by atoms with E-state index >= 15 is 0 Å². The van der Waals surface area contributed by atoms with Crippen LogP contribution >= 0.6 is 0 Å². The quantitative estimate of drug-likeness (QED) is 0.816. The molecular weight excluding hydrogens is 378 g/mol. The zero-order valence-electron chi connectivity index (χ0n) is 16.7. The van der Waals surface area contributed by atoms with Gasteiger partial charge in [0.25, 0.3) is 0 Å². The molecule has 0 spiro atoms. The number of nitrogens with one attached hydrogen (secondary N) is 1. The molecule has 29 heavy (non-hydrogen) atoms. The lowest BCUT2D eigenvalue weighted by molar-refractivity contribution is -0.0484. The number of carbonyl (C=O) groups excluding carboxylic acids is 1. The topological polar surface area (TPSA) is 88.6 Å². The molecule has 2 aromatic heterocycles. The van der Waals surface area contributed by atoms with E-state index in [2.05, 4.69) is 15.4 Å². The van der Waals surface area contributed by atoms with E-state index in [0.717, 1.165) is 18.4 Å². The zero-order valence-corrected chi connectivity index (χ0v) is 16.7. The number of amides is 2. The van der Waals surface area contributed by atoms with Crippen molar-refractivity contribution in [2.24, 2.45) is 11.7 Å². The first-order chi connectivity index (χ1) is 13.8. The summed E-state index contributed by atoms with van der Waals surface area (Å²) in [5, 5.41) is 7.39. The van der Waals surface area contributed by atoms with Crippen molar-refractivity contribution in [1.29, 1.82) is 0 Å². The van der Waals surface area contributed by atoms with Crippen molar-refractivity contribution in [2.75, 3.05) is 6.54 Å². The van der Waals surface area contributed by atoms with Gasteiger partial charge in [-0.15, -0.1) is 0 Å². The number of nitrogens with zero attached hydrogens (tertiary/aromatic N) is 4. The van der Waals surface area contributed by atoms with E-state index in [0.29, 0.717) is 37.3 Å². The van der Waals surface area contributed by atoms with Gasteiger partial charge in [-0.2, -0.15) is 5.10 Å². The minimum Gasteiger partial charge on any atom is -0.336 e. The lowest BCUT2D eigenvalue weighted by Crippen LogP contribution is -2.40. The van der Waals surface area contributed by atoms with E-state index in [1.807, 2.05) is 13.0 Å². The number of halogens is 2. The molecule has 2 amide bonds. The Hall–Kier alpha value is -2.29. The van der Waals surface area contributed by atoms with Crippen LogP contribution in [0.15, 0.2) is 18.5 Å². The molecule has 1 saturated carbocycles. The van der Waals surface area contributed by atoms with Gasteiger partial charge >= 0.3 is 6.03 Å². The number of aromatic nitrogens is 3. The van der Waals surface area contributed by atoms with Crippen molar-refractivity contribution >= 4 is 11.7 Å². The molecule has 3 heterocycles. The Morgan fingerprint density at radius 1 is 1.34 bits per heavy atom. The maximum absolute atomic E-state index is 13.4. The number of hydrogen-bond donors (Lipinski definition) is 2. The SMILES string of the molecule is CC1CCCN(Cc2cnn3cc([C@@H](N)C4CCC(F)(F)CC4)nc3c2)C(=O)N1. The highest BCUT2D eigenvalue weighted by Gasteiger charge is 2.37. The fraction of sp³-hybridized carbons (Fsp3) is 0.650. The van der Waals surface area contributed by atoms with Gasteiger partial charge in [-0.3, -0.25) is 0 Å². The van der Waals surface area contributed by atoms with Crippen LogP contribution < -0.4 is 11.1 Å². The molecule has 1 unspecified atom stereocenters. The Kier molecular flexibility index (Phi) is 5.42. The van der Waals surface area contributed by atoms with Gasteiger partial charge < -0.3 is 16.0 Å². The molecule has 3 N–H and O–H groups in total. The Morgan fingerprint density at radius 3 is 2.86 bits per heavy atom. The van der Waals surface area contributed by atoms with Crippen molar-refractivity contribution in [2.45, 2.75) is 70.0 Å². The minimum atomic E-state index is -2.57. The zero-order chi connectivity index (χ0) is 20.6. The monoisotopic (exact) mass is 406 g/mol. The van der Waals surface area contributed by atoms with Crippen LogP contribution in [-0.2, 0) is 6.54 Å². The third kappa shape index (κ3) is 4.49. The molecule has 2 aromatic rings. The van der Waals surface area contributed by atoms with E-state index in [-0.39, 0.29) is 36.9 Å². The molecule has 1 aliphatic carbocycles. The van der Waals surface area contributed by atoms with Crippen molar-refractivity contribution in [3.05, 3.63) is 29.7 Å². The number of hydrogen-bond acceptors (Lipinski definition) is 4. The molecule has 4 rings (SSSR count). The first-order valence-corrected chi connectivity index (χ1v) is 10.3. The van der Waals surface area contributed by atoms with Crippen molar-refractivity contribution in [1.82, 2.24) is 24.8 Å². The van der Waals surface area contributed by atoms with Gasteiger partial charge in [0.2, 0.25) is 5.92 Å². The highest BCUT2D eigenvalue weighted by molar-refractivity contribution is 5.74. The van der Waals surface area contributed by atoms with Gasteiger partial charge in [0.05, 0.1) is 24.1 Å². The number of imidazole rings is 1. The summed E-state index contributed by atoms with van der Waals surface area (Å²) in [7, 11) is 0. The second-order valence-corrected chi connectivity index (χ2v) is 8.47. The van der Waals surface area contributed by atoms with Gasteiger partial charge in [0.1, 0.15) is 0 Å². The summed E-state index contributed by atoms with van der Waals surface area (Å²) in [6.07, 6.45) is 6.01. The van der Waals surface area contributed by atoms with Gasteiger partial charge in [-0.05, 0) is 50.2 Å². The highest BCUT2D eigenvalue weighted by atomic mass is 19.3. The molecule has 0 bridgehead atoms. The van der Waals surface area contributed by atoms with Crippen LogP contribution in [0.5, 0.6) is 0 Å². The summed E-state index contributed by atoms with van der Waals surface area (Å²) < 4.78 is 28.5. The van der Waals surface area contributed by atoms with Gasteiger partial charge in [-0.1, -0.05) is 0 Å². The molecule has 0 aromatic carbocycles. The van der Waals surface area contributed by atoms with Crippen LogP contribution in [-0.4, -0.2) is 44.0 Å². The Morgan fingerprint density at radius 2 is 2.10 bits per heavy atom. The number of urea groups is 1. The first-order valence-electron chi connectivity index (χ1n) is 10.3. The van der Waals surface area contributed by atoms with Crippen molar-refractivity contribution < 1.29 is 13.6 Å². The molecule has 1 saturated heterocycles. The second-order valence-electron chi connectivity index (χ2n) is 8.47. The van der Waals surface area contributed by atoms with E-state index in [4.69, 9.17) is 5.73 Å². The first kappa shape index (κ1) is 20.0. The van der Waals surface area contributed by atoms with Crippen LogP contribution in [0.3, 0.4) is 0 Å². The lowest BCUT2D eigenvalue weighted by Gasteiger charge is -2.31. The summed E-state index contributed by atoms with van der Waals surface area (Å²) in [5.41, 5.74) is 8.57. The summed E-state index contributed by atoms with van der Waals surface area (Å²) in [6.45, 7) is 3.18. The van der Waals surface area contributed by atoms with Crippen LogP contribution in [0.25, 0.3) is 5.65 Å². The Bertz CT molecular complexity index is 875. The average molecular weight is 406 g/mol. The minimum absolute atomic E-state index is 0.00166. The molecule has 2 aliphatic rings. The van der Waals surface area contributed by atoms with E-state index < -0.39 is 5.92 Å². The molecule has 1 aliphatic heterocycles. The average Bonchev–Trinajstić information content (AvgIpc) is 3.02. The fourth-order valence-electron chi connectivity index (χ4n) is 4.28. The molecule has 9 heteroatoms. The highest BCUT2D eigenvalue weighted by Crippen LogP contribution is 2.40. The molecule has 0 radical (unpaired) electrons. The number of rotatable bonds is 4. The standard InChI is InChI=1S/C20H28F2N6O/c1-13-3-2-8-27(19(29)25-13)11-14-9-17-26-16(12-28(17)24-10-14)18(23)15-4-6-20(21,22)7-5-15/h9-10,12-13,15,18H,2-8,11,23H2,1H3,(H,25,29)/t13?,18-/m0/s1. The third-order valence-electron chi connectivity index (χ3n) is 6.10. The second kappa shape index (κ2) is 7.85. The predicted octanol–water partition coefficient (Wildman–Crippen LogP) is 3.25. The van der Waals surface area contributed by atoms with E-state index in [1.165, 1.54) is 0 Å². The molecule has 2 fully saturated rings. The normalized spacial score (nSPS) is 24.3. The van der Waals surface area contributed by atoms with Crippen LogP contribution in [0.1, 0.15) is 62.7 Å². The smallest absolute Gasteiger partial charge is 0.317 e. The predicted molar refractivity (Wildman–Crippen MR) is 104 cm³/mol. The fourth-order valence-corrected chi connectivity index (χ4v) is 4.28. The van der Waals surface area contributed by atoms with Gasteiger partial charge in [0, 0.05) is 32.0 Å². The maximum atomic E-state index is 13.4. The summed E-state index contributed by atoms with van der Waals surface area (Å²) in [5.74, 6) is -2.56. The largest absolute Gasteiger partial charge is 0.336 e. The van der Waals surface area contributed by atoms with Crippen molar-refractivity contribution in [3.63, 3.8) is 0 Å². The molecular formula is C20H28F2N6O. The third-order valence-corrected chi connectivity index (χ3v) is 6.10. The number of carbonyl (C=O) groups is 1. The van der Waals surface area contributed by atoms with Crippen LogP contribution in [0, 0.1) is 5.92 Å². The van der Waals surface area contributed by atoms with Gasteiger partial charge in [-0.25, -0.2) is 23.1 Å². The maximum Gasteiger partial charge on any atom is 0.317 e.